The van der Waals surface area contributed by atoms with Crippen LogP contribution < -0.4 is 5.73 Å². The van der Waals surface area contributed by atoms with E-state index in [4.69, 9.17) is 5.73 Å². The Labute approximate surface area is 77.8 Å². The molecule has 1 aromatic rings. The van der Waals surface area contributed by atoms with Crippen molar-refractivity contribution in [1.82, 2.24) is 4.98 Å². The first-order valence-electron chi connectivity index (χ1n) is 4.46. The van der Waals surface area contributed by atoms with Crippen molar-refractivity contribution in [2.24, 2.45) is 5.92 Å². The SMILES string of the molecule is CCC(CC)Cc1csc(N)n1. The number of thiazole rings is 1. The number of aromatic nitrogens is 1. The average molecular weight is 184 g/mol. The largest absolute Gasteiger partial charge is 0.375 e. The second-order valence-electron chi connectivity index (χ2n) is 3.06. The first-order chi connectivity index (χ1) is 5.76. The highest BCUT2D eigenvalue weighted by Gasteiger charge is 2.06. The van der Waals surface area contributed by atoms with Crippen LogP contribution in [0, 0.1) is 5.92 Å². The summed E-state index contributed by atoms with van der Waals surface area (Å²) < 4.78 is 0. The molecule has 0 saturated heterocycles. The van der Waals surface area contributed by atoms with Crippen LogP contribution in [-0.4, -0.2) is 4.98 Å². The standard InChI is InChI=1S/C9H16N2S/c1-3-7(4-2)5-8-6-12-9(10)11-8/h6-7H,3-5H2,1-2H3,(H2,10,11). The molecule has 3 heteroatoms. The van der Waals surface area contributed by atoms with Crippen molar-refractivity contribution in [2.45, 2.75) is 33.1 Å². The van der Waals surface area contributed by atoms with Gasteiger partial charge in [0.2, 0.25) is 0 Å². The quantitative estimate of drug-likeness (QED) is 0.781. The van der Waals surface area contributed by atoms with E-state index in [-0.39, 0.29) is 0 Å². The lowest BCUT2D eigenvalue weighted by Gasteiger charge is -2.08. The van der Waals surface area contributed by atoms with Gasteiger partial charge in [-0.15, -0.1) is 11.3 Å². The Morgan fingerprint density at radius 2 is 2.17 bits per heavy atom. The minimum atomic E-state index is 0.691. The van der Waals surface area contributed by atoms with Crippen LogP contribution in [-0.2, 0) is 6.42 Å². The van der Waals surface area contributed by atoms with Crippen molar-refractivity contribution < 1.29 is 0 Å². The van der Waals surface area contributed by atoms with Crippen molar-refractivity contribution in [1.29, 1.82) is 0 Å². The van der Waals surface area contributed by atoms with E-state index in [9.17, 15) is 0 Å². The van der Waals surface area contributed by atoms with Gasteiger partial charge in [0.1, 0.15) is 0 Å². The molecule has 1 aromatic heterocycles. The Hall–Kier alpha value is -0.570. The maximum absolute atomic E-state index is 5.54. The fourth-order valence-electron chi connectivity index (χ4n) is 1.29. The number of nitrogens with zero attached hydrogens (tertiary/aromatic N) is 1. The van der Waals surface area contributed by atoms with Crippen molar-refractivity contribution in [2.75, 3.05) is 5.73 Å². The summed E-state index contributed by atoms with van der Waals surface area (Å²) in [5, 5.41) is 2.75. The highest BCUT2D eigenvalue weighted by Crippen LogP contribution is 2.18. The monoisotopic (exact) mass is 184 g/mol. The van der Waals surface area contributed by atoms with E-state index in [1.807, 2.05) is 0 Å². The van der Waals surface area contributed by atoms with Crippen molar-refractivity contribution in [3.8, 4) is 0 Å². The van der Waals surface area contributed by atoms with E-state index >= 15 is 0 Å². The number of nitrogen functional groups attached to an aromatic ring is 1. The Balaban J connectivity index is 2.50. The molecule has 0 spiro atoms. The molecule has 0 aliphatic heterocycles. The zero-order valence-electron chi connectivity index (χ0n) is 7.71. The van der Waals surface area contributed by atoms with Crippen LogP contribution in [0.15, 0.2) is 5.38 Å². The minimum Gasteiger partial charge on any atom is -0.375 e. The Kier molecular flexibility index (Phi) is 3.53. The molecule has 0 atom stereocenters. The zero-order valence-corrected chi connectivity index (χ0v) is 8.53. The van der Waals surface area contributed by atoms with Crippen molar-refractivity contribution in [3.05, 3.63) is 11.1 Å². The predicted octanol–water partition coefficient (Wildman–Crippen LogP) is 2.70. The van der Waals surface area contributed by atoms with E-state index in [1.165, 1.54) is 24.2 Å². The van der Waals surface area contributed by atoms with Gasteiger partial charge in [-0.1, -0.05) is 26.7 Å². The number of rotatable bonds is 4. The fraction of sp³-hybridized carbons (Fsp3) is 0.667. The summed E-state index contributed by atoms with van der Waals surface area (Å²) in [6.45, 7) is 4.45. The third-order valence-electron chi connectivity index (χ3n) is 2.22. The second-order valence-corrected chi connectivity index (χ2v) is 3.95. The van der Waals surface area contributed by atoms with E-state index in [1.54, 1.807) is 0 Å². The van der Waals surface area contributed by atoms with E-state index in [0.29, 0.717) is 5.13 Å². The highest BCUT2D eigenvalue weighted by molar-refractivity contribution is 7.13. The van der Waals surface area contributed by atoms with Gasteiger partial charge in [0.05, 0.1) is 5.69 Å². The lowest BCUT2D eigenvalue weighted by atomic mass is 9.98. The third kappa shape index (κ3) is 2.48. The summed E-state index contributed by atoms with van der Waals surface area (Å²) in [4.78, 5) is 4.24. The molecular formula is C9H16N2S. The van der Waals surface area contributed by atoms with Gasteiger partial charge in [-0.2, -0.15) is 0 Å². The van der Waals surface area contributed by atoms with Gasteiger partial charge in [-0.25, -0.2) is 4.98 Å². The summed E-state index contributed by atoms with van der Waals surface area (Å²) in [6, 6.07) is 0. The molecule has 0 saturated carbocycles. The normalized spacial score (nSPS) is 10.9. The summed E-state index contributed by atoms with van der Waals surface area (Å²) in [7, 11) is 0. The molecule has 0 radical (unpaired) electrons. The molecule has 0 aliphatic rings. The number of nitrogens with two attached hydrogens (primary N) is 1. The molecule has 12 heavy (non-hydrogen) atoms. The van der Waals surface area contributed by atoms with Crippen LogP contribution >= 0.6 is 11.3 Å². The van der Waals surface area contributed by atoms with Crippen LogP contribution in [0.4, 0.5) is 5.13 Å². The number of hydrogen-bond acceptors (Lipinski definition) is 3. The van der Waals surface area contributed by atoms with Gasteiger partial charge >= 0.3 is 0 Å². The average Bonchev–Trinajstić information content (AvgIpc) is 2.47. The van der Waals surface area contributed by atoms with Gasteiger partial charge in [0.25, 0.3) is 0 Å². The predicted molar refractivity (Wildman–Crippen MR) is 54.3 cm³/mol. The first kappa shape index (κ1) is 9.52. The molecule has 68 valence electrons. The number of hydrogen-bond donors (Lipinski definition) is 1. The third-order valence-corrected chi connectivity index (χ3v) is 2.94. The summed E-state index contributed by atoms with van der Waals surface area (Å²) in [5.41, 5.74) is 6.70. The first-order valence-corrected chi connectivity index (χ1v) is 5.34. The molecule has 0 aliphatic carbocycles. The molecular weight excluding hydrogens is 168 g/mol. The fourth-order valence-corrected chi connectivity index (χ4v) is 1.87. The van der Waals surface area contributed by atoms with Gasteiger partial charge in [-0.3, -0.25) is 0 Å². The zero-order chi connectivity index (χ0) is 8.97. The molecule has 0 amide bonds. The Morgan fingerprint density at radius 1 is 1.50 bits per heavy atom. The van der Waals surface area contributed by atoms with Gasteiger partial charge in [0.15, 0.2) is 5.13 Å². The van der Waals surface area contributed by atoms with Crippen molar-refractivity contribution >= 4 is 16.5 Å². The second kappa shape index (κ2) is 4.45. The smallest absolute Gasteiger partial charge is 0.180 e. The van der Waals surface area contributed by atoms with Crippen molar-refractivity contribution in [3.63, 3.8) is 0 Å². The highest BCUT2D eigenvalue weighted by atomic mass is 32.1. The van der Waals surface area contributed by atoms with Crippen LogP contribution in [0.3, 0.4) is 0 Å². The topological polar surface area (TPSA) is 38.9 Å². The molecule has 0 bridgehead atoms. The van der Waals surface area contributed by atoms with Crippen LogP contribution in [0.5, 0.6) is 0 Å². The summed E-state index contributed by atoms with van der Waals surface area (Å²) in [6.07, 6.45) is 3.54. The summed E-state index contributed by atoms with van der Waals surface area (Å²) >= 11 is 1.53. The van der Waals surface area contributed by atoms with Crippen LogP contribution in [0.1, 0.15) is 32.4 Å². The maximum Gasteiger partial charge on any atom is 0.180 e. The molecule has 1 rings (SSSR count). The van der Waals surface area contributed by atoms with Gasteiger partial charge < -0.3 is 5.73 Å². The van der Waals surface area contributed by atoms with Gasteiger partial charge in [0, 0.05) is 5.38 Å². The molecule has 2 N–H and O–H groups in total. The lowest BCUT2D eigenvalue weighted by molar-refractivity contribution is 0.486. The number of anilines is 1. The van der Waals surface area contributed by atoms with E-state index in [2.05, 4.69) is 24.2 Å². The molecule has 2 nitrogen and oxygen atoms in total. The molecule has 1 heterocycles. The van der Waals surface area contributed by atoms with Crippen LogP contribution in [0.25, 0.3) is 0 Å². The van der Waals surface area contributed by atoms with E-state index in [0.717, 1.165) is 18.0 Å². The van der Waals surface area contributed by atoms with Crippen LogP contribution in [0.2, 0.25) is 0 Å². The summed E-state index contributed by atoms with van der Waals surface area (Å²) in [5.74, 6) is 0.770. The Morgan fingerprint density at radius 3 is 2.58 bits per heavy atom. The Bertz CT molecular complexity index is 228. The molecule has 0 unspecified atom stereocenters. The maximum atomic E-state index is 5.54. The minimum absolute atomic E-state index is 0.691. The molecule has 0 fully saturated rings. The van der Waals surface area contributed by atoms with E-state index < -0.39 is 0 Å². The molecule has 0 aromatic carbocycles. The lowest BCUT2D eigenvalue weighted by Crippen LogP contribution is -2.01. The van der Waals surface area contributed by atoms with Gasteiger partial charge in [-0.05, 0) is 12.3 Å².